The second-order valence-electron chi connectivity index (χ2n) is 6.89. The van der Waals surface area contributed by atoms with Crippen molar-refractivity contribution >= 4 is 5.95 Å². The molecule has 1 aromatic heterocycles. The molecule has 0 aliphatic heterocycles. The molecule has 0 bridgehead atoms. The van der Waals surface area contributed by atoms with Crippen molar-refractivity contribution in [1.29, 1.82) is 0 Å². The van der Waals surface area contributed by atoms with Gasteiger partial charge in [-0.1, -0.05) is 78.9 Å². The molecule has 0 aliphatic rings. The van der Waals surface area contributed by atoms with Gasteiger partial charge >= 0.3 is 0 Å². The summed E-state index contributed by atoms with van der Waals surface area (Å²) in [6.07, 6.45) is -0.554. The molecule has 1 heterocycles. The Morgan fingerprint density at radius 1 is 0.931 bits per heavy atom. The molecule has 4 rings (SSSR count). The molecule has 0 fully saturated rings. The minimum Gasteiger partial charge on any atom is -0.369 e. The Hall–Kier alpha value is -3.44. The van der Waals surface area contributed by atoms with Crippen molar-refractivity contribution in [3.8, 4) is 11.3 Å². The minimum absolute atomic E-state index is 0.182. The van der Waals surface area contributed by atoms with E-state index < -0.39 is 12.0 Å². The maximum Gasteiger partial charge on any atom is 0.205 e. The number of anilines is 1. The van der Waals surface area contributed by atoms with E-state index in [0.29, 0.717) is 12.4 Å². The van der Waals surface area contributed by atoms with E-state index in [4.69, 9.17) is 4.98 Å². The third-order valence-corrected chi connectivity index (χ3v) is 4.89. The summed E-state index contributed by atoms with van der Waals surface area (Å²) in [6.45, 7) is 0. The number of benzene rings is 3. The second kappa shape index (κ2) is 8.29. The molecule has 0 saturated heterocycles. The van der Waals surface area contributed by atoms with Gasteiger partial charge in [0.2, 0.25) is 5.95 Å². The fourth-order valence-electron chi connectivity index (χ4n) is 3.45. The predicted octanol–water partition coefficient (Wildman–Crippen LogP) is 4.92. The van der Waals surface area contributed by atoms with E-state index in [1.807, 2.05) is 60.1 Å². The molecule has 0 radical (unpaired) electrons. The van der Waals surface area contributed by atoms with Crippen LogP contribution in [0.1, 0.15) is 23.0 Å². The van der Waals surface area contributed by atoms with Crippen LogP contribution in [0.3, 0.4) is 0 Å². The van der Waals surface area contributed by atoms with Crippen molar-refractivity contribution < 1.29 is 9.50 Å². The van der Waals surface area contributed by atoms with Gasteiger partial charge in [0.1, 0.15) is 5.82 Å². The summed E-state index contributed by atoms with van der Waals surface area (Å²) in [5, 5.41) is 13.5. The number of aliphatic hydroxyl groups excluding tert-OH is 1. The Balaban J connectivity index is 1.72. The summed E-state index contributed by atoms with van der Waals surface area (Å²) >= 11 is 0. The van der Waals surface area contributed by atoms with E-state index in [1.165, 1.54) is 6.07 Å². The topological polar surface area (TPSA) is 50.1 Å². The van der Waals surface area contributed by atoms with E-state index >= 15 is 0 Å². The third kappa shape index (κ3) is 4.05. The normalized spacial score (nSPS) is 12.0. The van der Waals surface area contributed by atoms with Crippen LogP contribution in [0, 0.1) is 5.82 Å². The van der Waals surface area contributed by atoms with Crippen molar-refractivity contribution in [2.75, 3.05) is 5.32 Å². The Kier molecular flexibility index (Phi) is 5.40. The first-order valence-electron chi connectivity index (χ1n) is 9.47. The third-order valence-electron chi connectivity index (χ3n) is 4.89. The first kappa shape index (κ1) is 18.9. The number of nitrogens with zero attached hydrogens (tertiary/aromatic N) is 2. The Morgan fingerprint density at radius 2 is 1.55 bits per heavy atom. The SMILES string of the molecule is Cn1c(NC(O)c2ccccc2F)nc(Cc2ccccc2)c1-c1ccccc1. The van der Waals surface area contributed by atoms with Crippen LogP contribution in [0.4, 0.5) is 10.3 Å². The van der Waals surface area contributed by atoms with Crippen LogP contribution in [0.2, 0.25) is 0 Å². The van der Waals surface area contributed by atoms with Crippen molar-refractivity contribution in [3.05, 3.63) is 108 Å². The summed E-state index contributed by atoms with van der Waals surface area (Å²) in [7, 11) is 1.89. The summed E-state index contributed by atoms with van der Waals surface area (Å²) < 4.78 is 16.0. The molecular formula is C24H22FN3O. The maximum absolute atomic E-state index is 14.1. The van der Waals surface area contributed by atoms with Gasteiger partial charge in [-0.3, -0.25) is 0 Å². The number of aliphatic hydroxyl groups is 1. The second-order valence-corrected chi connectivity index (χ2v) is 6.89. The first-order chi connectivity index (χ1) is 14.1. The number of rotatable bonds is 6. The highest BCUT2D eigenvalue weighted by atomic mass is 19.1. The molecule has 0 aliphatic carbocycles. The standard InChI is InChI=1S/C24H22FN3O/c1-28-22(18-12-6-3-7-13-18)21(16-17-10-4-2-5-11-17)26-24(28)27-23(29)19-14-8-9-15-20(19)25/h2-15,23,29H,16H2,1H3,(H,26,27). The van der Waals surface area contributed by atoms with Crippen LogP contribution in [0.5, 0.6) is 0 Å². The van der Waals surface area contributed by atoms with E-state index in [2.05, 4.69) is 17.4 Å². The summed E-state index contributed by atoms with van der Waals surface area (Å²) in [6, 6.07) is 26.3. The zero-order valence-corrected chi connectivity index (χ0v) is 16.1. The van der Waals surface area contributed by atoms with Crippen molar-refractivity contribution in [2.24, 2.45) is 7.05 Å². The van der Waals surface area contributed by atoms with E-state index in [-0.39, 0.29) is 5.56 Å². The number of hydrogen-bond donors (Lipinski definition) is 2. The zero-order valence-electron chi connectivity index (χ0n) is 16.1. The van der Waals surface area contributed by atoms with Crippen molar-refractivity contribution in [2.45, 2.75) is 12.6 Å². The van der Waals surface area contributed by atoms with Crippen LogP contribution >= 0.6 is 0 Å². The lowest BCUT2D eigenvalue weighted by atomic mass is 10.0. The molecule has 3 aromatic carbocycles. The lowest BCUT2D eigenvalue weighted by Gasteiger charge is -2.15. The Labute approximate surface area is 169 Å². The molecule has 0 spiro atoms. The fraction of sp³-hybridized carbons (Fsp3) is 0.125. The predicted molar refractivity (Wildman–Crippen MR) is 113 cm³/mol. The molecule has 0 saturated carbocycles. The maximum atomic E-state index is 14.1. The monoisotopic (exact) mass is 387 g/mol. The van der Waals surface area contributed by atoms with Gasteiger partial charge in [-0.25, -0.2) is 9.37 Å². The average molecular weight is 387 g/mol. The van der Waals surface area contributed by atoms with Crippen LogP contribution < -0.4 is 5.32 Å². The molecule has 1 atom stereocenters. The van der Waals surface area contributed by atoms with Crippen molar-refractivity contribution in [3.63, 3.8) is 0 Å². The van der Waals surface area contributed by atoms with Gasteiger partial charge in [0, 0.05) is 24.6 Å². The average Bonchev–Trinajstić information content (AvgIpc) is 3.04. The Morgan fingerprint density at radius 3 is 2.24 bits per heavy atom. The molecule has 0 amide bonds. The van der Waals surface area contributed by atoms with Crippen LogP contribution in [-0.2, 0) is 13.5 Å². The van der Waals surface area contributed by atoms with Gasteiger partial charge in [0.05, 0.1) is 11.4 Å². The fourth-order valence-corrected chi connectivity index (χ4v) is 3.45. The van der Waals surface area contributed by atoms with Crippen LogP contribution in [0.15, 0.2) is 84.9 Å². The van der Waals surface area contributed by atoms with E-state index in [0.717, 1.165) is 22.5 Å². The van der Waals surface area contributed by atoms with Crippen molar-refractivity contribution in [1.82, 2.24) is 9.55 Å². The van der Waals surface area contributed by atoms with E-state index in [9.17, 15) is 9.50 Å². The number of halogens is 1. The molecule has 146 valence electrons. The Bertz CT molecular complexity index is 1090. The van der Waals surface area contributed by atoms with Gasteiger partial charge in [0.25, 0.3) is 0 Å². The number of nitrogens with one attached hydrogen (secondary N) is 1. The van der Waals surface area contributed by atoms with E-state index in [1.54, 1.807) is 18.2 Å². The molecule has 2 N–H and O–H groups in total. The smallest absolute Gasteiger partial charge is 0.205 e. The van der Waals surface area contributed by atoms with Gasteiger partial charge in [-0.15, -0.1) is 0 Å². The molecular weight excluding hydrogens is 365 g/mol. The summed E-state index contributed by atoms with van der Waals surface area (Å²) in [4.78, 5) is 4.75. The molecule has 5 heteroatoms. The lowest BCUT2D eigenvalue weighted by molar-refractivity contribution is 0.201. The highest BCUT2D eigenvalue weighted by Crippen LogP contribution is 2.30. The van der Waals surface area contributed by atoms with Crippen LogP contribution in [-0.4, -0.2) is 14.7 Å². The molecule has 4 nitrogen and oxygen atoms in total. The molecule has 1 unspecified atom stereocenters. The molecule has 29 heavy (non-hydrogen) atoms. The summed E-state index contributed by atoms with van der Waals surface area (Å²) in [5.41, 5.74) is 4.19. The highest BCUT2D eigenvalue weighted by Gasteiger charge is 2.20. The number of imidazole rings is 1. The minimum atomic E-state index is -1.20. The van der Waals surface area contributed by atoms with Gasteiger partial charge < -0.3 is 15.0 Å². The van der Waals surface area contributed by atoms with Crippen LogP contribution in [0.25, 0.3) is 11.3 Å². The lowest BCUT2D eigenvalue weighted by Crippen LogP contribution is -2.14. The highest BCUT2D eigenvalue weighted by molar-refractivity contribution is 5.66. The zero-order chi connectivity index (χ0) is 20.2. The molecule has 4 aromatic rings. The van der Waals surface area contributed by atoms with Gasteiger partial charge in [-0.2, -0.15) is 0 Å². The number of hydrogen-bond acceptors (Lipinski definition) is 3. The van der Waals surface area contributed by atoms with Gasteiger partial charge in [0.15, 0.2) is 6.23 Å². The van der Waals surface area contributed by atoms with Gasteiger partial charge in [-0.05, 0) is 11.6 Å². The quantitative estimate of drug-likeness (QED) is 0.462. The number of aromatic nitrogens is 2. The summed E-state index contributed by atoms with van der Waals surface area (Å²) in [5.74, 6) is 0.0139. The first-order valence-corrected chi connectivity index (χ1v) is 9.47. The largest absolute Gasteiger partial charge is 0.369 e.